The maximum atomic E-state index is 11.3. The molecular formula is C10H19NO3. The fourth-order valence-electron chi connectivity index (χ4n) is 1.03. The molecule has 0 saturated carbocycles. The molecule has 0 heterocycles. The van der Waals surface area contributed by atoms with Crippen LogP contribution in [0.3, 0.4) is 0 Å². The molecule has 4 nitrogen and oxygen atoms in total. The zero-order chi connectivity index (χ0) is 11.3. The molecular weight excluding hydrogens is 182 g/mol. The topological polar surface area (TPSA) is 66.4 Å². The highest BCUT2D eigenvalue weighted by Gasteiger charge is 2.21. The molecule has 1 atom stereocenters. The normalized spacial score (nSPS) is 13.0. The van der Waals surface area contributed by atoms with Gasteiger partial charge < -0.3 is 10.4 Å². The van der Waals surface area contributed by atoms with Crippen molar-refractivity contribution in [2.24, 2.45) is 11.8 Å². The van der Waals surface area contributed by atoms with Gasteiger partial charge in [-0.25, -0.2) is 4.79 Å². The van der Waals surface area contributed by atoms with Gasteiger partial charge in [0.1, 0.15) is 6.04 Å². The first-order valence-electron chi connectivity index (χ1n) is 4.87. The van der Waals surface area contributed by atoms with Gasteiger partial charge >= 0.3 is 5.97 Å². The fourth-order valence-corrected chi connectivity index (χ4v) is 1.03. The minimum absolute atomic E-state index is 0.177. The van der Waals surface area contributed by atoms with Crippen molar-refractivity contribution in [3.63, 3.8) is 0 Å². The number of aliphatic carboxylic acids is 1. The summed E-state index contributed by atoms with van der Waals surface area (Å²) in [5.74, 6) is -1.10. The molecule has 4 heteroatoms. The van der Waals surface area contributed by atoms with Crippen LogP contribution in [0.2, 0.25) is 0 Å². The van der Waals surface area contributed by atoms with E-state index in [0.29, 0.717) is 6.42 Å². The first-order chi connectivity index (χ1) is 6.34. The van der Waals surface area contributed by atoms with E-state index in [1.54, 1.807) is 13.8 Å². The van der Waals surface area contributed by atoms with Gasteiger partial charge in [0.25, 0.3) is 0 Å². The van der Waals surface area contributed by atoms with E-state index in [9.17, 15) is 9.59 Å². The molecule has 0 aromatic carbocycles. The molecule has 0 aliphatic heterocycles. The Morgan fingerprint density at radius 2 is 1.71 bits per heavy atom. The molecule has 0 radical (unpaired) electrons. The Bertz CT molecular complexity index is 211. The van der Waals surface area contributed by atoms with E-state index in [1.165, 1.54) is 0 Å². The predicted molar refractivity (Wildman–Crippen MR) is 53.9 cm³/mol. The van der Waals surface area contributed by atoms with Crippen molar-refractivity contribution in [1.82, 2.24) is 5.32 Å². The van der Waals surface area contributed by atoms with Gasteiger partial charge in [-0.1, -0.05) is 27.7 Å². The molecule has 0 rings (SSSR count). The Kier molecular flexibility index (Phi) is 5.20. The molecule has 82 valence electrons. The van der Waals surface area contributed by atoms with Crippen LogP contribution in [0.25, 0.3) is 0 Å². The Hall–Kier alpha value is -1.06. The Balaban J connectivity index is 4.23. The molecule has 0 aromatic heterocycles. The van der Waals surface area contributed by atoms with Gasteiger partial charge in [0.2, 0.25) is 5.91 Å². The van der Waals surface area contributed by atoms with E-state index in [2.05, 4.69) is 5.32 Å². The highest BCUT2D eigenvalue weighted by Crippen LogP contribution is 2.05. The average molecular weight is 201 g/mol. The maximum Gasteiger partial charge on any atom is 0.326 e. The summed E-state index contributed by atoms with van der Waals surface area (Å²) < 4.78 is 0. The van der Waals surface area contributed by atoms with Gasteiger partial charge in [0, 0.05) is 5.92 Å². The van der Waals surface area contributed by atoms with Crippen LogP contribution in [0.15, 0.2) is 0 Å². The zero-order valence-electron chi connectivity index (χ0n) is 9.20. The average Bonchev–Trinajstić information content (AvgIpc) is 2.01. The van der Waals surface area contributed by atoms with Crippen molar-refractivity contribution in [3.05, 3.63) is 0 Å². The van der Waals surface area contributed by atoms with E-state index >= 15 is 0 Å². The molecule has 0 aromatic rings. The lowest BCUT2D eigenvalue weighted by Crippen LogP contribution is -2.43. The van der Waals surface area contributed by atoms with Crippen LogP contribution < -0.4 is 5.32 Å². The van der Waals surface area contributed by atoms with Crippen LogP contribution >= 0.6 is 0 Å². The molecule has 0 bridgehead atoms. The summed E-state index contributed by atoms with van der Waals surface area (Å²) in [5, 5.41) is 11.3. The quantitative estimate of drug-likeness (QED) is 0.703. The summed E-state index contributed by atoms with van der Waals surface area (Å²) in [6, 6.07) is -0.759. The number of carboxylic acids is 1. The number of carboxylic acid groups (broad SMARTS) is 1. The number of carbonyl (C=O) groups is 2. The summed E-state index contributed by atoms with van der Waals surface area (Å²) in [6.45, 7) is 7.34. The number of nitrogens with one attached hydrogen (secondary N) is 1. The monoisotopic (exact) mass is 201 g/mol. The van der Waals surface area contributed by atoms with Gasteiger partial charge in [-0.2, -0.15) is 0 Å². The van der Waals surface area contributed by atoms with Gasteiger partial charge in [0.05, 0.1) is 0 Å². The molecule has 0 unspecified atom stereocenters. The van der Waals surface area contributed by atoms with E-state index in [4.69, 9.17) is 5.11 Å². The molecule has 0 fully saturated rings. The summed E-state index contributed by atoms with van der Waals surface area (Å²) in [4.78, 5) is 22.0. The van der Waals surface area contributed by atoms with Gasteiger partial charge in [-0.15, -0.1) is 0 Å². The SMILES string of the molecule is CC(C)C[C@H](NC(=O)C(C)C)C(=O)O. The predicted octanol–water partition coefficient (Wildman–Crippen LogP) is 1.26. The van der Waals surface area contributed by atoms with E-state index in [-0.39, 0.29) is 17.7 Å². The van der Waals surface area contributed by atoms with Crippen LogP contribution in [-0.4, -0.2) is 23.0 Å². The van der Waals surface area contributed by atoms with Crippen molar-refractivity contribution in [2.75, 3.05) is 0 Å². The van der Waals surface area contributed by atoms with Crippen LogP contribution in [0.4, 0.5) is 0 Å². The lowest BCUT2D eigenvalue weighted by Gasteiger charge is -2.17. The minimum atomic E-state index is -0.965. The Morgan fingerprint density at radius 3 is 2.00 bits per heavy atom. The maximum absolute atomic E-state index is 11.3. The molecule has 0 aliphatic carbocycles. The summed E-state index contributed by atoms with van der Waals surface area (Å²) in [6.07, 6.45) is 0.466. The molecule has 0 aliphatic rings. The molecule has 14 heavy (non-hydrogen) atoms. The molecule has 0 saturated heterocycles. The molecule has 2 N–H and O–H groups in total. The van der Waals surface area contributed by atoms with Crippen molar-refractivity contribution >= 4 is 11.9 Å². The lowest BCUT2D eigenvalue weighted by molar-refractivity contribution is -0.142. The fraction of sp³-hybridized carbons (Fsp3) is 0.800. The smallest absolute Gasteiger partial charge is 0.326 e. The Morgan fingerprint density at radius 1 is 1.21 bits per heavy atom. The summed E-state index contributed by atoms with van der Waals surface area (Å²) in [7, 11) is 0. The highest BCUT2D eigenvalue weighted by atomic mass is 16.4. The standard InChI is InChI=1S/C10H19NO3/c1-6(2)5-8(10(13)14)11-9(12)7(3)4/h6-8H,5H2,1-4H3,(H,11,12)(H,13,14)/t8-/m0/s1. The van der Waals surface area contributed by atoms with E-state index < -0.39 is 12.0 Å². The number of rotatable bonds is 5. The van der Waals surface area contributed by atoms with Crippen LogP contribution in [-0.2, 0) is 9.59 Å². The third kappa shape index (κ3) is 4.84. The zero-order valence-corrected chi connectivity index (χ0v) is 9.20. The first-order valence-corrected chi connectivity index (χ1v) is 4.87. The summed E-state index contributed by atoms with van der Waals surface area (Å²) >= 11 is 0. The van der Waals surface area contributed by atoms with Crippen molar-refractivity contribution < 1.29 is 14.7 Å². The van der Waals surface area contributed by atoms with Crippen molar-refractivity contribution in [1.29, 1.82) is 0 Å². The molecule has 0 spiro atoms. The number of hydrogen-bond acceptors (Lipinski definition) is 2. The second-order valence-corrected chi connectivity index (χ2v) is 4.18. The van der Waals surface area contributed by atoms with Gasteiger partial charge in [-0.3, -0.25) is 4.79 Å². The second kappa shape index (κ2) is 5.62. The number of hydrogen-bond donors (Lipinski definition) is 2. The third-order valence-electron chi connectivity index (χ3n) is 1.85. The van der Waals surface area contributed by atoms with E-state index in [0.717, 1.165) is 0 Å². The third-order valence-corrected chi connectivity index (χ3v) is 1.85. The first kappa shape index (κ1) is 12.9. The summed E-state index contributed by atoms with van der Waals surface area (Å²) in [5.41, 5.74) is 0. The second-order valence-electron chi connectivity index (χ2n) is 4.18. The van der Waals surface area contributed by atoms with E-state index in [1.807, 2.05) is 13.8 Å². The number of amides is 1. The van der Waals surface area contributed by atoms with Crippen molar-refractivity contribution in [2.45, 2.75) is 40.2 Å². The van der Waals surface area contributed by atoms with Crippen LogP contribution in [0, 0.1) is 11.8 Å². The van der Waals surface area contributed by atoms with Crippen LogP contribution in [0.1, 0.15) is 34.1 Å². The Labute approximate surface area is 84.7 Å². The highest BCUT2D eigenvalue weighted by molar-refractivity contribution is 5.84. The number of carbonyl (C=O) groups excluding carboxylic acids is 1. The molecule has 1 amide bonds. The van der Waals surface area contributed by atoms with Gasteiger partial charge in [0.15, 0.2) is 0 Å². The van der Waals surface area contributed by atoms with Crippen molar-refractivity contribution in [3.8, 4) is 0 Å². The minimum Gasteiger partial charge on any atom is -0.480 e. The van der Waals surface area contributed by atoms with Gasteiger partial charge in [-0.05, 0) is 12.3 Å². The largest absolute Gasteiger partial charge is 0.480 e. The van der Waals surface area contributed by atoms with Crippen LogP contribution in [0.5, 0.6) is 0 Å². The lowest BCUT2D eigenvalue weighted by atomic mass is 10.0.